The number of carbonyl (C=O) groups is 4. The van der Waals surface area contributed by atoms with Gasteiger partial charge in [0.05, 0.1) is 67.6 Å². The Morgan fingerprint density at radius 1 is 0.613 bits per heavy atom. The Kier molecular flexibility index (Phi) is 30.0. The van der Waals surface area contributed by atoms with E-state index in [9.17, 15) is 24.4 Å². The third-order valence-corrected chi connectivity index (χ3v) is 17.6. The first-order chi connectivity index (χ1) is 45.6. The second kappa shape index (κ2) is 39.4. The Labute approximate surface area is 549 Å². The molecule has 1 atom stereocenters. The van der Waals surface area contributed by atoms with Gasteiger partial charge in [-0.05, 0) is 223 Å². The van der Waals surface area contributed by atoms with Crippen LogP contribution in [0.1, 0.15) is 163 Å². The SMILES string of the molecule is C=CC(=O)OCCCCCCOc1ccc(OOCC2CCC(C(OO)c3ccc(C(=O)Oc4ccc(OOCC5CCC(C(=O)Oc6ccc(OCCCCCCOC(=O)C=C)cc6)CC5)c(/C=N/N(CCCCCC)c5nc6ccccc6s5)c4)cc3)CC2)cc1. The van der Waals surface area contributed by atoms with E-state index in [2.05, 4.69) is 20.1 Å². The number of fused-ring (bicyclic) bond motifs is 1. The monoisotopic (exact) mass is 1300 g/mol. The molecule has 20 heteroatoms. The molecule has 1 unspecified atom stereocenters. The normalized spacial score (nSPS) is 16.6. The molecule has 0 radical (unpaired) electrons. The molecule has 0 saturated heterocycles. The van der Waals surface area contributed by atoms with E-state index in [1.54, 1.807) is 84.3 Å². The lowest BCUT2D eigenvalue weighted by molar-refractivity contribution is -0.296. The summed E-state index contributed by atoms with van der Waals surface area (Å²) >= 11 is 1.56. The third-order valence-electron chi connectivity index (χ3n) is 16.6. The van der Waals surface area contributed by atoms with E-state index < -0.39 is 24.0 Å². The van der Waals surface area contributed by atoms with E-state index in [4.69, 9.17) is 62.9 Å². The molecule has 0 bridgehead atoms. The number of hydrazone groups is 1. The van der Waals surface area contributed by atoms with Crippen molar-refractivity contribution >= 4 is 56.8 Å². The van der Waals surface area contributed by atoms with Gasteiger partial charge in [-0.15, -0.1) is 0 Å². The minimum atomic E-state index is -0.590. The van der Waals surface area contributed by atoms with Gasteiger partial charge in [-0.3, -0.25) is 10.1 Å². The Morgan fingerprint density at radius 3 is 1.77 bits per heavy atom. The van der Waals surface area contributed by atoms with Crippen molar-refractivity contribution in [2.45, 2.75) is 141 Å². The highest BCUT2D eigenvalue weighted by atomic mass is 32.1. The number of anilines is 1. The topological polar surface area (TPSA) is 219 Å². The van der Waals surface area contributed by atoms with E-state index in [1.165, 1.54) is 6.08 Å². The summed E-state index contributed by atoms with van der Waals surface area (Å²) in [6.07, 6.45) is 20.8. The summed E-state index contributed by atoms with van der Waals surface area (Å²) in [5.74, 6) is 1.68. The number of ether oxygens (including phenoxy) is 6. The van der Waals surface area contributed by atoms with Crippen molar-refractivity contribution in [3.05, 3.63) is 157 Å². The number of nitrogens with zero attached hydrogens (tertiary/aromatic N) is 3. The van der Waals surface area contributed by atoms with Crippen molar-refractivity contribution in [1.82, 2.24) is 4.98 Å². The number of rotatable bonds is 41. The first-order valence-corrected chi connectivity index (χ1v) is 33.7. The second-order valence-electron chi connectivity index (χ2n) is 23.5. The summed E-state index contributed by atoms with van der Waals surface area (Å²) < 4.78 is 34.6. The van der Waals surface area contributed by atoms with Crippen LogP contribution >= 0.6 is 11.3 Å². The van der Waals surface area contributed by atoms with Crippen molar-refractivity contribution in [3.8, 4) is 34.5 Å². The van der Waals surface area contributed by atoms with Crippen LogP contribution in [0.2, 0.25) is 0 Å². The smallest absolute Gasteiger partial charge is 0.343 e. The van der Waals surface area contributed by atoms with Crippen LogP contribution in [0.4, 0.5) is 5.13 Å². The molecule has 2 aliphatic carbocycles. The van der Waals surface area contributed by atoms with Gasteiger partial charge in [0, 0.05) is 24.3 Å². The minimum Gasteiger partial charge on any atom is -0.494 e. The average molecular weight is 1300 g/mol. The van der Waals surface area contributed by atoms with Crippen LogP contribution in [0.25, 0.3) is 10.2 Å². The molecule has 0 spiro atoms. The summed E-state index contributed by atoms with van der Waals surface area (Å²) in [5.41, 5.74) is 2.45. The number of unbranched alkanes of at least 4 members (excludes halogenated alkanes) is 9. The van der Waals surface area contributed by atoms with Crippen LogP contribution in [-0.2, 0) is 38.5 Å². The van der Waals surface area contributed by atoms with Gasteiger partial charge in [-0.1, -0.05) is 74.9 Å². The van der Waals surface area contributed by atoms with Crippen molar-refractivity contribution in [2.75, 3.05) is 51.2 Å². The molecule has 0 aliphatic heterocycles. The Balaban J connectivity index is 0.802. The fraction of sp³-hybridized carbons (Fsp3) is 0.452. The molecule has 498 valence electrons. The van der Waals surface area contributed by atoms with Gasteiger partial charge in [0.25, 0.3) is 0 Å². The molecule has 1 N–H and O–H groups in total. The maximum Gasteiger partial charge on any atom is 0.343 e. The van der Waals surface area contributed by atoms with Crippen LogP contribution in [0.15, 0.2) is 146 Å². The molecule has 6 aromatic rings. The Hall–Kier alpha value is -8.14. The highest BCUT2D eigenvalue weighted by Crippen LogP contribution is 2.40. The van der Waals surface area contributed by atoms with Crippen LogP contribution in [-0.4, -0.2) is 86.5 Å². The van der Waals surface area contributed by atoms with E-state index in [0.29, 0.717) is 93.2 Å². The molecular formula is C73H89N3O16S. The number of thiazole rings is 1. The van der Waals surface area contributed by atoms with Crippen LogP contribution in [0.5, 0.6) is 34.5 Å². The molecule has 1 aromatic heterocycles. The quantitative estimate of drug-likeness (QED) is 0.00717. The lowest BCUT2D eigenvalue weighted by Crippen LogP contribution is -2.27. The molecule has 1 heterocycles. The minimum absolute atomic E-state index is 0.0404. The van der Waals surface area contributed by atoms with E-state index >= 15 is 0 Å². The summed E-state index contributed by atoms with van der Waals surface area (Å²) in [7, 11) is 0. The zero-order chi connectivity index (χ0) is 65.2. The molecular weight excluding hydrogens is 1210 g/mol. The molecule has 2 fully saturated rings. The average Bonchev–Trinajstić information content (AvgIpc) is 2.02. The zero-order valence-electron chi connectivity index (χ0n) is 53.4. The van der Waals surface area contributed by atoms with Gasteiger partial charge in [-0.2, -0.15) is 14.9 Å². The number of hydrogen-bond donors (Lipinski definition) is 1. The molecule has 5 aromatic carbocycles. The lowest BCUT2D eigenvalue weighted by atomic mass is 9.78. The van der Waals surface area contributed by atoms with Crippen molar-refractivity contribution in [1.29, 1.82) is 0 Å². The van der Waals surface area contributed by atoms with Gasteiger partial charge in [0.15, 0.2) is 11.5 Å². The largest absolute Gasteiger partial charge is 0.494 e. The molecule has 0 amide bonds. The molecule has 8 rings (SSSR count). The third kappa shape index (κ3) is 24.0. The van der Waals surface area contributed by atoms with Crippen molar-refractivity contribution in [2.24, 2.45) is 28.8 Å². The number of aromatic nitrogens is 1. The van der Waals surface area contributed by atoms with Crippen LogP contribution < -0.4 is 33.7 Å². The Morgan fingerprint density at radius 2 is 1.17 bits per heavy atom. The number of hydrogen-bond acceptors (Lipinski definition) is 20. The number of carbonyl (C=O) groups excluding carboxylic acids is 4. The summed E-state index contributed by atoms with van der Waals surface area (Å²) in [6, 6.07) is 34.3. The molecule has 19 nitrogen and oxygen atoms in total. The number of para-hydroxylation sites is 1. The van der Waals surface area contributed by atoms with E-state index in [0.717, 1.165) is 148 Å². The van der Waals surface area contributed by atoms with E-state index in [1.807, 2.05) is 53.5 Å². The first-order valence-electron chi connectivity index (χ1n) is 32.9. The highest BCUT2D eigenvalue weighted by Gasteiger charge is 2.31. The summed E-state index contributed by atoms with van der Waals surface area (Å²) in [6.45, 7) is 12.2. The van der Waals surface area contributed by atoms with Crippen molar-refractivity contribution < 1.29 is 77.3 Å². The second-order valence-corrected chi connectivity index (χ2v) is 24.5. The van der Waals surface area contributed by atoms with Gasteiger partial charge >= 0.3 is 23.9 Å². The Bertz CT molecular complexity index is 3230. The molecule has 93 heavy (non-hydrogen) atoms. The van der Waals surface area contributed by atoms with Gasteiger partial charge in [0.2, 0.25) is 5.13 Å². The number of esters is 4. The van der Waals surface area contributed by atoms with Gasteiger partial charge in [-0.25, -0.2) is 29.3 Å². The van der Waals surface area contributed by atoms with Crippen molar-refractivity contribution in [3.63, 3.8) is 0 Å². The van der Waals surface area contributed by atoms with Crippen LogP contribution in [0.3, 0.4) is 0 Å². The first kappa shape index (κ1) is 70.7. The molecule has 2 saturated carbocycles. The van der Waals surface area contributed by atoms with Gasteiger partial charge < -0.3 is 38.2 Å². The predicted octanol–water partition coefficient (Wildman–Crippen LogP) is 16.3. The predicted molar refractivity (Wildman–Crippen MR) is 356 cm³/mol. The van der Waals surface area contributed by atoms with Crippen LogP contribution in [0, 0.1) is 23.7 Å². The highest BCUT2D eigenvalue weighted by molar-refractivity contribution is 7.22. The summed E-state index contributed by atoms with van der Waals surface area (Å²) in [5, 5.41) is 17.8. The maximum atomic E-state index is 13.8. The number of benzene rings is 5. The van der Waals surface area contributed by atoms with Gasteiger partial charge in [0.1, 0.15) is 29.1 Å². The fourth-order valence-electron chi connectivity index (χ4n) is 11.1. The lowest BCUT2D eigenvalue weighted by Gasteiger charge is -2.32. The zero-order valence-corrected chi connectivity index (χ0v) is 54.2. The fourth-order valence-corrected chi connectivity index (χ4v) is 12.1. The van der Waals surface area contributed by atoms with E-state index in [-0.39, 0.29) is 35.4 Å². The molecule has 2 aliphatic rings. The standard InChI is InChI=1S/C73H89N3O16S/c1-4-7-8-15-44-76(73-75-65-20-13-14-21-67(65)93-73)74-50-59-49-64(42-43-66(59)92-87-52-54-24-28-57(29-25-54)71(79)88-62-38-34-60(35-39-62)82-45-16-9-11-18-47-84-68(77)5-2)89-72(80)58-32-30-56(31-33-58)70(90-81)55-26-22-53(23-27-55)51-86-91-63-40-36-61(37-41-63)83-46-17-10-12-19-48-85-69(78)6-3/h5-6,13-14,20-21,30-43,49-50,53-55,57,70,81H,2-4,7-12,15-19,22-29,44-48,51-52H2,1H3/b74-50+. The maximum absolute atomic E-state index is 13.8. The summed E-state index contributed by atoms with van der Waals surface area (Å²) in [4.78, 5) is 82.7.